The minimum Gasteiger partial charge on any atom is -0.481 e. The van der Waals surface area contributed by atoms with Crippen LogP contribution in [0.25, 0.3) is 0 Å². The first-order valence-electron chi connectivity index (χ1n) is 39.3. The molecule has 14 rings (SSSR count). The molecule has 0 radical (unpaired) electrons. The molecule has 4 aromatic rings. The van der Waals surface area contributed by atoms with Gasteiger partial charge in [-0.25, -0.2) is 40.3 Å². The molecule has 10 atom stereocenters. The molecule has 10 aliphatic rings. The van der Waals surface area contributed by atoms with Crippen LogP contribution in [-0.2, 0) is 95.3 Å². The van der Waals surface area contributed by atoms with E-state index < -0.39 is 107 Å². The predicted octanol–water partition coefficient (Wildman–Crippen LogP) is 12.9. The summed E-state index contributed by atoms with van der Waals surface area (Å²) in [6.45, 7) is 16.5. The molecule has 4 aromatic carbocycles. The van der Waals surface area contributed by atoms with Gasteiger partial charge in [0.2, 0.25) is 37.8 Å². The third-order valence-electron chi connectivity index (χ3n) is 24.5. The number of hydrogen-bond donors (Lipinski definition) is 5. The van der Waals surface area contributed by atoms with E-state index in [9.17, 15) is 69.1 Å². The lowest BCUT2D eigenvalue weighted by Gasteiger charge is -2.30. The van der Waals surface area contributed by atoms with E-state index in [2.05, 4.69) is 63.0 Å². The quantitative estimate of drug-likeness (QED) is 0.0871. The van der Waals surface area contributed by atoms with Gasteiger partial charge in [-0.2, -0.15) is 0 Å². The maximum atomic E-state index is 14.7. The van der Waals surface area contributed by atoms with Crippen LogP contribution in [0.4, 0.5) is 29.7 Å². The summed E-state index contributed by atoms with van der Waals surface area (Å²) in [5.74, 6) is -4.32. The Kier molecular flexibility index (Phi) is 23.7. The number of anilines is 2. The number of ketones is 2. The van der Waals surface area contributed by atoms with Crippen molar-refractivity contribution < 1.29 is 78.6 Å². The van der Waals surface area contributed by atoms with Crippen LogP contribution in [0.1, 0.15) is 217 Å². The fourth-order valence-corrected chi connectivity index (χ4v) is 18.2. The molecule has 23 nitrogen and oxygen atoms in total. The zero-order valence-electron chi connectivity index (χ0n) is 65.0. The van der Waals surface area contributed by atoms with Crippen LogP contribution in [0.5, 0.6) is 0 Å². The van der Waals surface area contributed by atoms with Gasteiger partial charge >= 0.3 is 18.2 Å². The number of amides is 5. The summed E-state index contributed by atoms with van der Waals surface area (Å²) < 4.78 is 88.8. The zero-order chi connectivity index (χ0) is 80.0. The monoisotopic (exact) mass is 1570 g/mol. The van der Waals surface area contributed by atoms with Crippen molar-refractivity contribution in [2.75, 3.05) is 23.7 Å². The Hall–Kier alpha value is -8.56. The van der Waals surface area contributed by atoms with E-state index in [1.54, 1.807) is 38.1 Å². The van der Waals surface area contributed by atoms with Gasteiger partial charge in [-0.3, -0.25) is 43.3 Å². The number of nitrogens with two attached hydrogens (primary N) is 1. The molecule has 4 saturated carbocycles. The third kappa shape index (κ3) is 18.6. The number of nitrogens with zero attached hydrogens (tertiary/aromatic N) is 4. The van der Waals surface area contributed by atoms with Crippen molar-refractivity contribution in [3.05, 3.63) is 154 Å². The molecule has 111 heavy (non-hydrogen) atoms. The number of carboxylic acids is 1. The molecule has 0 aromatic heterocycles. The summed E-state index contributed by atoms with van der Waals surface area (Å²) in [5.41, 5.74) is 3.42. The Balaban J connectivity index is 0.000000188. The lowest BCUT2D eigenvalue weighted by molar-refractivity contribution is -0.147. The second-order valence-corrected chi connectivity index (χ2v) is 39.3. The summed E-state index contributed by atoms with van der Waals surface area (Å²) in [7, 11) is -7.18. The number of rotatable bonds is 11. The highest BCUT2D eigenvalue weighted by molar-refractivity contribution is 7.91. The number of sulfonamides is 2. The smallest absolute Gasteiger partial charge is 0.410 e. The number of benzene rings is 4. The molecule has 6 heterocycles. The highest BCUT2D eigenvalue weighted by Gasteiger charge is 2.64. The number of Topliss-reactive ketones (excluding diaryl/α,β-unsaturated/α-hetero) is 2. The average molecular weight is 1570 g/mol. The van der Waals surface area contributed by atoms with E-state index in [4.69, 9.17) is 14.6 Å². The van der Waals surface area contributed by atoms with Crippen LogP contribution < -0.4 is 20.5 Å². The highest BCUT2D eigenvalue weighted by Crippen LogP contribution is 2.59. The summed E-state index contributed by atoms with van der Waals surface area (Å²) in [4.78, 5) is 117. The summed E-state index contributed by atoms with van der Waals surface area (Å²) in [5, 5.41) is 22.0. The Morgan fingerprint density at radius 3 is 1.37 bits per heavy atom. The molecule has 0 spiro atoms. The van der Waals surface area contributed by atoms with E-state index in [1.807, 2.05) is 66.8 Å². The van der Waals surface area contributed by atoms with Crippen molar-refractivity contribution >= 4 is 78.9 Å². The van der Waals surface area contributed by atoms with Gasteiger partial charge in [-0.1, -0.05) is 140 Å². The fourth-order valence-electron chi connectivity index (χ4n) is 16.2. The van der Waals surface area contributed by atoms with Crippen LogP contribution in [0.2, 0.25) is 0 Å². The van der Waals surface area contributed by atoms with Crippen molar-refractivity contribution in [2.45, 2.75) is 267 Å². The molecule has 600 valence electrons. The second-order valence-electron chi connectivity index (χ2n) is 35.1. The molecule has 2 saturated heterocycles. The first kappa shape index (κ1) is 81.9. The molecule has 6 fully saturated rings. The summed E-state index contributed by atoms with van der Waals surface area (Å²) in [6, 6.07) is 22.1. The molecular weight excluding hydrogens is 1460 g/mol. The Morgan fingerprint density at radius 2 is 0.973 bits per heavy atom. The number of carboxylic acid groups (broad SMARTS) is 1. The standard InChI is InChI=1S/C42H53FN4O7S.C38H46FN3O6.C4H9NO2S/c1-40(2,3)28-14-11-15-30(20-28)44-34-17-9-7-5-6-8-13-29-22-42(29,38(50)45-55(52,53)41(4)18-19-41)23-36(48)35-21-31(25-47(35)37(34)49)54-39(51)46-24-27-12-10-16-33(43)32(27)26-46;1-37(2,3)25-13-10-14-27(17-25)40-31-16-8-6-4-5-7-12-26-19-38(26,35(45)46)20-33(43)32-18-28(22-42(32)34(31)44)48-36(47)41-21-24-11-9-15-30(39)29(24)23-41;1-4(2-3-4)8(5,6)7/h8,10-16,20,29,31,34-35,44H,5-7,9,17-19,21-26H2,1-4H3,(H,45,50);7,9-15,17,26,28,31-32,40H,4-6,8,16,18-23H2,1-3H3,(H,45,46);2-3H2,1H3,(H2,5,6,7)/b13-8-;12-7-;/t29-,31-,34+,35+,42-;26-,28-,31+,32+,38-;/m11./s1. The number of carbonyl (C=O) groups is 8. The number of hydrogen-bond acceptors (Lipinski definition) is 16. The van der Waals surface area contributed by atoms with Crippen LogP contribution in [0.3, 0.4) is 0 Å². The van der Waals surface area contributed by atoms with E-state index in [0.29, 0.717) is 60.8 Å². The van der Waals surface area contributed by atoms with E-state index in [-0.39, 0.29) is 117 Å². The van der Waals surface area contributed by atoms with Crippen LogP contribution >= 0.6 is 0 Å². The van der Waals surface area contributed by atoms with Gasteiger partial charge < -0.3 is 35.0 Å². The number of ether oxygens (including phenoxy) is 2. The van der Waals surface area contributed by atoms with Crippen molar-refractivity contribution in [1.29, 1.82) is 0 Å². The maximum absolute atomic E-state index is 14.7. The Bertz CT molecular complexity index is 4570. The SMILES string of the molecule is CC(C)(C)c1cccc(N[C@H]2CCCCC/C=C\[C@@H]3C[C@@]3(C(=O)NS(=O)(=O)C3(C)CC3)CC(=O)[C@@H]3C[C@@H](OC(=O)N4Cc5cccc(F)c5C4)CN3C2=O)c1.CC(C)(C)c1cccc(N[C@H]2CCCCC/C=C\[C@@H]3C[C@@]3(C(=O)O)CC(=O)[C@@H]3C[C@@H](OC(=O)N4Cc5cccc(F)c5C4)CN3C2=O)c1.CC1(S(N)(=O)=O)CC1. The van der Waals surface area contributed by atoms with Gasteiger partial charge in [0.05, 0.1) is 58.6 Å². The number of nitrogens with one attached hydrogen (secondary N) is 3. The minimum atomic E-state index is -3.95. The molecular formula is C84H108F2N8O15S2. The van der Waals surface area contributed by atoms with Gasteiger partial charge in [0.15, 0.2) is 11.6 Å². The number of primary sulfonamides is 1. The number of aliphatic carboxylic acids is 1. The Morgan fingerprint density at radius 1 is 0.559 bits per heavy atom. The first-order valence-corrected chi connectivity index (χ1v) is 42.3. The van der Waals surface area contributed by atoms with Gasteiger partial charge in [0, 0.05) is 61.3 Å². The molecule has 27 heteroatoms. The summed E-state index contributed by atoms with van der Waals surface area (Å²) >= 11 is 0. The molecule has 0 unspecified atom stereocenters. The summed E-state index contributed by atoms with van der Waals surface area (Å²) in [6.07, 6.45) is 15.4. The normalized spacial score (nSPS) is 28.2. The minimum absolute atomic E-state index is 0.0136. The van der Waals surface area contributed by atoms with E-state index >= 15 is 0 Å². The van der Waals surface area contributed by atoms with Crippen molar-refractivity contribution in [2.24, 2.45) is 27.8 Å². The predicted molar refractivity (Wildman–Crippen MR) is 415 cm³/mol. The first-order chi connectivity index (χ1) is 52.3. The van der Waals surface area contributed by atoms with Crippen molar-refractivity contribution in [3.63, 3.8) is 0 Å². The van der Waals surface area contributed by atoms with Crippen molar-refractivity contribution in [3.8, 4) is 0 Å². The van der Waals surface area contributed by atoms with Gasteiger partial charge in [0.1, 0.15) is 35.9 Å². The number of carbonyl (C=O) groups excluding carboxylic acids is 7. The lowest BCUT2D eigenvalue weighted by atomic mass is 9.87. The average Bonchev–Trinajstić information content (AvgIpc) is 1.57. The Labute approximate surface area is 650 Å². The van der Waals surface area contributed by atoms with Crippen molar-refractivity contribution in [1.82, 2.24) is 24.3 Å². The van der Waals surface area contributed by atoms with Crippen LogP contribution in [0, 0.1) is 34.3 Å². The van der Waals surface area contributed by atoms with Gasteiger partial charge in [0.25, 0.3) is 0 Å². The van der Waals surface area contributed by atoms with E-state index in [0.717, 1.165) is 86.7 Å². The van der Waals surface area contributed by atoms with Crippen LogP contribution in [0.15, 0.2) is 109 Å². The van der Waals surface area contributed by atoms with Gasteiger partial charge in [-0.05, 0) is 172 Å². The topological polar surface area (TPSA) is 319 Å². The number of allylic oxidation sites excluding steroid dienone is 4. The fraction of sp³-hybridized carbons (Fsp3) is 0.571. The third-order valence-corrected chi connectivity index (χ3v) is 28.5. The maximum Gasteiger partial charge on any atom is 0.410 e. The largest absolute Gasteiger partial charge is 0.481 e. The van der Waals surface area contributed by atoms with E-state index in [1.165, 1.54) is 31.7 Å². The molecule has 6 aliphatic heterocycles. The van der Waals surface area contributed by atoms with Crippen LogP contribution in [-0.4, -0.2) is 148 Å². The highest BCUT2D eigenvalue weighted by atomic mass is 32.2. The zero-order valence-corrected chi connectivity index (χ0v) is 66.6. The lowest BCUT2D eigenvalue weighted by Crippen LogP contribution is -2.49. The molecule has 5 amide bonds. The molecule has 4 aliphatic carbocycles. The molecule has 0 bridgehead atoms. The number of halogens is 2. The molecule has 6 N–H and O–H groups in total. The van der Waals surface area contributed by atoms with Gasteiger partial charge in [-0.15, -0.1) is 0 Å². The second kappa shape index (κ2) is 32.1. The number of fused-ring (bicyclic) bond motifs is 6.